The third-order valence-corrected chi connectivity index (χ3v) is 6.01. The van der Waals surface area contributed by atoms with Gasteiger partial charge in [-0.1, -0.05) is 42.5 Å². The summed E-state index contributed by atoms with van der Waals surface area (Å²) in [5.41, 5.74) is 1.20. The first kappa shape index (κ1) is 21.6. The molecule has 3 N–H and O–H groups in total. The number of H-pyrrole nitrogens is 1. The summed E-state index contributed by atoms with van der Waals surface area (Å²) >= 11 is 0. The maximum Gasteiger partial charge on any atom is 0.275 e. The van der Waals surface area contributed by atoms with Gasteiger partial charge in [0.05, 0.1) is 0 Å². The van der Waals surface area contributed by atoms with Gasteiger partial charge in [0.15, 0.2) is 0 Å². The number of allylic oxidation sites excluding steroid dienone is 1. The Morgan fingerprint density at radius 3 is 2.75 bits per heavy atom. The third kappa shape index (κ3) is 4.66. The Hall–Kier alpha value is -3.61. The third-order valence-electron chi connectivity index (χ3n) is 6.01. The van der Waals surface area contributed by atoms with Gasteiger partial charge < -0.3 is 20.2 Å². The number of rotatable bonds is 8. The van der Waals surface area contributed by atoms with Crippen LogP contribution >= 0.6 is 0 Å². The summed E-state index contributed by atoms with van der Waals surface area (Å²) in [7, 11) is 0. The predicted octanol–water partition coefficient (Wildman–Crippen LogP) is 2.70. The number of carbonyl (C=O) groups is 2. The largest absolute Gasteiger partial charge is 0.357 e. The minimum atomic E-state index is -0.720. The number of nitrogens with zero attached hydrogens (tertiary/aromatic N) is 1. The Morgan fingerprint density at radius 2 is 2.03 bits per heavy atom. The van der Waals surface area contributed by atoms with Crippen molar-refractivity contribution >= 4 is 22.7 Å². The summed E-state index contributed by atoms with van der Waals surface area (Å²) in [6.45, 7) is 2.56. The molecule has 4 rings (SSSR count). The number of aromatic amines is 1. The van der Waals surface area contributed by atoms with Crippen molar-refractivity contribution < 1.29 is 9.59 Å². The number of hydrogen-bond acceptors (Lipinski definition) is 3. The Balaban J connectivity index is 1.63. The summed E-state index contributed by atoms with van der Waals surface area (Å²) in [6.07, 6.45) is 8.86. The maximum absolute atomic E-state index is 13.5. The molecule has 1 fully saturated rings. The van der Waals surface area contributed by atoms with Crippen LogP contribution in [0.2, 0.25) is 0 Å². The number of pyridine rings is 1. The van der Waals surface area contributed by atoms with Crippen molar-refractivity contribution in [1.29, 1.82) is 0 Å². The van der Waals surface area contributed by atoms with Gasteiger partial charge in [-0.25, -0.2) is 0 Å². The van der Waals surface area contributed by atoms with Gasteiger partial charge in [-0.05, 0) is 37.5 Å². The molecule has 1 aliphatic heterocycles. The number of aromatic nitrogens is 2. The fourth-order valence-electron chi connectivity index (χ4n) is 4.34. The zero-order valence-corrected chi connectivity index (χ0v) is 18.1. The van der Waals surface area contributed by atoms with Crippen LogP contribution in [0.15, 0.2) is 71.8 Å². The SMILES string of the molecule is C/C=C/[C@H](C[C@@H]1CCNC1=O)NC(=O)[C@@H](Cc1ccccc1)n1ccc2cc[nH]c2c1=O. The van der Waals surface area contributed by atoms with Gasteiger partial charge in [0.25, 0.3) is 5.56 Å². The van der Waals surface area contributed by atoms with E-state index < -0.39 is 6.04 Å². The highest BCUT2D eigenvalue weighted by Gasteiger charge is 2.29. The van der Waals surface area contributed by atoms with E-state index in [9.17, 15) is 14.4 Å². The van der Waals surface area contributed by atoms with Crippen LogP contribution in [0.5, 0.6) is 0 Å². The average Bonchev–Trinajstić information content (AvgIpc) is 3.43. The number of amides is 2. The molecule has 1 aromatic carbocycles. The molecule has 166 valence electrons. The second-order valence-corrected chi connectivity index (χ2v) is 8.19. The second-order valence-electron chi connectivity index (χ2n) is 8.19. The molecule has 2 amide bonds. The van der Waals surface area contributed by atoms with Crippen molar-refractivity contribution in [3.8, 4) is 0 Å². The van der Waals surface area contributed by atoms with E-state index in [2.05, 4.69) is 15.6 Å². The quantitative estimate of drug-likeness (QED) is 0.478. The molecule has 2 aromatic heterocycles. The van der Waals surface area contributed by atoms with E-state index in [1.165, 1.54) is 4.57 Å². The van der Waals surface area contributed by atoms with E-state index in [0.717, 1.165) is 17.4 Å². The van der Waals surface area contributed by atoms with E-state index in [1.54, 1.807) is 12.4 Å². The monoisotopic (exact) mass is 432 g/mol. The van der Waals surface area contributed by atoms with Crippen LogP contribution in [0.1, 0.15) is 31.4 Å². The average molecular weight is 433 g/mol. The number of fused-ring (bicyclic) bond motifs is 1. The molecule has 3 heterocycles. The maximum atomic E-state index is 13.5. The van der Waals surface area contributed by atoms with Crippen molar-refractivity contribution in [1.82, 2.24) is 20.2 Å². The molecule has 1 aliphatic rings. The Kier molecular flexibility index (Phi) is 6.54. The van der Waals surface area contributed by atoms with Crippen LogP contribution in [0.4, 0.5) is 0 Å². The first-order valence-corrected chi connectivity index (χ1v) is 11.0. The lowest BCUT2D eigenvalue weighted by atomic mass is 9.97. The zero-order chi connectivity index (χ0) is 22.5. The van der Waals surface area contributed by atoms with E-state index in [0.29, 0.717) is 24.9 Å². The molecule has 7 heteroatoms. The first-order chi connectivity index (χ1) is 15.6. The molecular weight excluding hydrogens is 404 g/mol. The normalized spacial score (nSPS) is 18.0. The molecule has 0 saturated carbocycles. The zero-order valence-electron chi connectivity index (χ0n) is 18.1. The highest BCUT2D eigenvalue weighted by molar-refractivity contribution is 5.83. The highest BCUT2D eigenvalue weighted by Crippen LogP contribution is 2.19. The number of nitrogens with one attached hydrogen (secondary N) is 3. The van der Waals surface area contributed by atoms with Crippen molar-refractivity contribution in [3.63, 3.8) is 0 Å². The molecule has 0 unspecified atom stereocenters. The fourth-order valence-corrected chi connectivity index (χ4v) is 4.34. The van der Waals surface area contributed by atoms with Gasteiger partial charge in [0.1, 0.15) is 11.6 Å². The van der Waals surface area contributed by atoms with E-state index >= 15 is 0 Å². The molecule has 3 atom stereocenters. The summed E-state index contributed by atoms with van der Waals surface area (Å²) in [4.78, 5) is 41.7. The Bertz CT molecular complexity index is 1180. The van der Waals surface area contributed by atoms with Crippen molar-refractivity contribution in [3.05, 3.63) is 82.9 Å². The van der Waals surface area contributed by atoms with Crippen LogP contribution in [0.3, 0.4) is 0 Å². The fraction of sp³-hybridized carbons (Fsp3) is 0.320. The Labute approximate surface area is 186 Å². The van der Waals surface area contributed by atoms with E-state index in [1.807, 2.05) is 61.5 Å². The minimum absolute atomic E-state index is 0.0306. The predicted molar refractivity (Wildman–Crippen MR) is 124 cm³/mol. The van der Waals surface area contributed by atoms with E-state index in [4.69, 9.17) is 0 Å². The molecule has 0 spiro atoms. The summed E-state index contributed by atoms with van der Waals surface area (Å²) in [5.74, 6) is -0.339. The molecule has 0 aliphatic carbocycles. The summed E-state index contributed by atoms with van der Waals surface area (Å²) in [6, 6.07) is 12.3. The second kappa shape index (κ2) is 9.68. The summed E-state index contributed by atoms with van der Waals surface area (Å²) < 4.78 is 1.50. The molecule has 7 nitrogen and oxygen atoms in total. The van der Waals surface area contributed by atoms with Gasteiger partial charge in [0, 0.05) is 42.7 Å². The molecule has 32 heavy (non-hydrogen) atoms. The number of benzene rings is 1. The lowest BCUT2D eigenvalue weighted by Crippen LogP contribution is -2.43. The van der Waals surface area contributed by atoms with Crippen molar-refractivity contribution in [2.75, 3.05) is 6.54 Å². The molecule has 3 aromatic rings. The van der Waals surface area contributed by atoms with Crippen LogP contribution in [0.25, 0.3) is 10.9 Å². The van der Waals surface area contributed by atoms with Crippen LogP contribution < -0.4 is 16.2 Å². The van der Waals surface area contributed by atoms with Crippen LogP contribution in [-0.2, 0) is 16.0 Å². The molecular formula is C25H28N4O3. The lowest BCUT2D eigenvalue weighted by molar-refractivity contribution is -0.126. The molecule has 1 saturated heterocycles. The molecule has 0 bridgehead atoms. The van der Waals surface area contributed by atoms with Gasteiger partial charge in [-0.15, -0.1) is 0 Å². The van der Waals surface area contributed by atoms with E-state index in [-0.39, 0.29) is 29.3 Å². The minimum Gasteiger partial charge on any atom is -0.357 e. The highest BCUT2D eigenvalue weighted by atomic mass is 16.2. The summed E-state index contributed by atoms with van der Waals surface area (Å²) in [5, 5.41) is 6.74. The van der Waals surface area contributed by atoms with Gasteiger partial charge in [-0.2, -0.15) is 0 Å². The topological polar surface area (TPSA) is 96.0 Å². The number of hydrogen-bond donors (Lipinski definition) is 3. The van der Waals surface area contributed by atoms with Crippen LogP contribution in [-0.4, -0.2) is 34.0 Å². The van der Waals surface area contributed by atoms with Crippen molar-refractivity contribution in [2.24, 2.45) is 5.92 Å². The first-order valence-electron chi connectivity index (χ1n) is 11.0. The number of carbonyl (C=O) groups excluding carboxylic acids is 2. The van der Waals surface area contributed by atoms with Gasteiger partial charge in [0.2, 0.25) is 11.8 Å². The van der Waals surface area contributed by atoms with Gasteiger partial charge >= 0.3 is 0 Å². The smallest absolute Gasteiger partial charge is 0.275 e. The Morgan fingerprint density at radius 1 is 1.22 bits per heavy atom. The molecule has 0 radical (unpaired) electrons. The van der Waals surface area contributed by atoms with Crippen molar-refractivity contribution in [2.45, 2.75) is 38.3 Å². The standard InChI is InChI=1S/C25H28N4O3/c1-2-6-20(16-19-10-13-27-23(19)30)28-24(31)21(15-17-7-4-3-5-8-17)29-14-11-18-9-12-26-22(18)25(29)32/h2-9,11-12,14,19-21,26H,10,13,15-16H2,1H3,(H,27,30)(H,28,31)/b6-2+/t19-,20+,21+/m0/s1. The van der Waals surface area contributed by atoms with Gasteiger partial charge in [-0.3, -0.25) is 14.4 Å². The van der Waals surface area contributed by atoms with Crippen LogP contribution in [0, 0.1) is 5.92 Å². The lowest BCUT2D eigenvalue weighted by Gasteiger charge is -2.24.